The van der Waals surface area contributed by atoms with E-state index in [9.17, 15) is 5.26 Å². The lowest BCUT2D eigenvalue weighted by Crippen LogP contribution is -2.49. The Morgan fingerprint density at radius 3 is 2.90 bits per heavy atom. The second-order valence-corrected chi connectivity index (χ2v) is 6.69. The molecule has 0 aromatic heterocycles. The van der Waals surface area contributed by atoms with E-state index in [0.29, 0.717) is 12.0 Å². The molecule has 20 heavy (non-hydrogen) atoms. The van der Waals surface area contributed by atoms with E-state index in [-0.39, 0.29) is 5.54 Å². The van der Waals surface area contributed by atoms with E-state index in [1.165, 1.54) is 25.7 Å². The molecule has 0 aromatic rings. The van der Waals surface area contributed by atoms with Crippen LogP contribution in [0.4, 0.5) is 0 Å². The highest BCUT2D eigenvalue weighted by molar-refractivity contribution is 5.16. The molecular formula is C16H27N3O. The van der Waals surface area contributed by atoms with Crippen molar-refractivity contribution in [3.63, 3.8) is 0 Å². The van der Waals surface area contributed by atoms with E-state index in [4.69, 9.17) is 4.74 Å². The predicted octanol–water partition coefficient (Wildman–Crippen LogP) is 1.91. The van der Waals surface area contributed by atoms with Crippen LogP contribution in [0.2, 0.25) is 0 Å². The van der Waals surface area contributed by atoms with Crippen LogP contribution >= 0.6 is 0 Å². The van der Waals surface area contributed by atoms with Crippen LogP contribution in [0, 0.1) is 17.2 Å². The quantitative estimate of drug-likeness (QED) is 0.834. The second kappa shape index (κ2) is 6.43. The predicted molar refractivity (Wildman–Crippen MR) is 78.3 cm³/mol. The maximum Gasteiger partial charge on any atom is 0.109 e. The van der Waals surface area contributed by atoms with Crippen molar-refractivity contribution < 1.29 is 4.74 Å². The van der Waals surface area contributed by atoms with Gasteiger partial charge in [0.1, 0.15) is 5.54 Å². The zero-order valence-corrected chi connectivity index (χ0v) is 12.4. The first-order valence-electron chi connectivity index (χ1n) is 8.31. The number of nitrogens with zero attached hydrogens (tertiary/aromatic N) is 2. The zero-order valence-electron chi connectivity index (χ0n) is 12.4. The Morgan fingerprint density at radius 1 is 1.20 bits per heavy atom. The van der Waals surface area contributed by atoms with Gasteiger partial charge in [-0.05, 0) is 51.0 Å². The monoisotopic (exact) mass is 277 g/mol. The number of nitriles is 1. The molecule has 112 valence electrons. The lowest BCUT2D eigenvalue weighted by molar-refractivity contribution is 0.139. The second-order valence-electron chi connectivity index (χ2n) is 6.69. The smallest absolute Gasteiger partial charge is 0.109 e. The number of ether oxygens (including phenoxy) is 1. The van der Waals surface area contributed by atoms with Crippen molar-refractivity contribution in [2.75, 3.05) is 32.8 Å². The van der Waals surface area contributed by atoms with Crippen molar-refractivity contribution in [3.05, 3.63) is 0 Å². The Labute approximate surface area is 122 Å². The van der Waals surface area contributed by atoms with Gasteiger partial charge >= 0.3 is 0 Å². The average Bonchev–Trinajstić information content (AvgIpc) is 3.23. The summed E-state index contributed by atoms with van der Waals surface area (Å²) in [6, 6.07) is 3.27. The summed E-state index contributed by atoms with van der Waals surface area (Å²) in [4.78, 5) is 2.52. The first-order chi connectivity index (χ1) is 9.82. The van der Waals surface area contributed by atoms with E-state index in [1.54, 1.807) is 0 Å². The molecule has 0 radical (unpaired) electrons. The summed E-state index contributed by atoms with van der Waals surface area (Å²) in [7, 11) is 0. The number of hydrogen-bond donors (Lipinski definition) is 1. The van der Waals surface area contributed by atoms with Crippen molar-refractivity contribution >= 4 is 0 Å². The number of rotatable bonds is 5. The van der Waals surface area contributed by atoms with Gasteiger partial charge in [0.05, 0.1) is 12.7 Å². The van der Waals surface area contributed by atoms with Gasteiger partial charge in [-0.25, -0.2) is 0 Å². The van der Waals surface area contributed by atoms with Crippen LogP contribution in [0.1, 0.15) is 44.9 Å². The third kappa shape index (κ3) is 3.33. The molecule has 3 fully saturated rings. The number of hydrogen-bond acceptors (Lipinski definition) is 4. The molecule has 3 rings (SSSR count). The minimum absolute atomic E-state index is 0.219. The van der Waals surface area contributed by atoms with Gasteiger partial charge in [0.15, 0.2) is 0 Å². The minimum Gasteiger partial charge on any atom is -0.380 e. The normalized spacial score (nSPS) is 35.6. The molecule has 4 nitrogen and oxygen atoms in total. The van der Waals surface area contributed by atoms with Crippen LogP contribution < -0.4 is 5.32 Å². The van der Waals surface area contributed by atoms with Crippen LogP contribution in [0.5, 0.6) is 0 Å². The molecule has 0 aromatic carbocycles. The Balaban J connectivity index is 1.53. The first-order valence-corrected chi connectivity index (χ1v) is 8.31. The summed E-state index contributed by atoms with van der Waals surface area (Å²) in [5.74, 6) is 0.539. The summed E-state index contributed by atoms with van der Waals surface area (Å²) in [6.45, 7) is 5.12. The molecular weight excluding hydrogens is 250 g/mol. The number of nitrogens with one attached hydrogen (secondary N) is 1. The van der Waals surface area contributed by atoms with Crippen molar-refractivity contribution in [1.82, 2.24) is 10.2 Å². The van der Waals surface area contributed by atoms with E-state index in [1.807, 2.05) is 0 Å². The molecule has 3 aliphatic rings. The summed E-state index contributed by atoms with van der Waals surface area (Å²) >= 11 is 0. The SMILES string of the molecule is N#CC1(NC2CC2)CCCC1CCN1CCCOCC1. The van der Waals surface area contributed by atoms with Gasteiger partial charge in [0.25, 0.3) is 0 Å². The Hall–Kier alpha value is -0.630. The summed E-state index contributed by atoms with van der Waals surface area (Å²) in [5, 5.41) is 13.4. The molecule has 1 N–H and O–H groups in total. The summed E-state index contributed by atoms with van der Waals surface area (Å²) < 4.78 is 5.51. The van der Waals surface area contributed by atoms with Gasteiger partial charge in [-0.3, -0.25) is 5.32 Å². The molecule has 2 unspecified atom stereocenters. The van der Waals surface area contributed by atoms with Crippen LogP contribution in [-0.2, 0) is 4.74 Å². The lowest BCUT2D eigenvalue weighted by Gasteiger charge is -2.31. The van der Waals surface area contributed by atoms with Gasteiger partial charge in [-0.2, -0.15) is 5.26 Å². The minimum atomic E-state index is -0.219. The van der Waals surface area contributed by atoms with E-state index >= 15 is 0 Å². The molecule has 1 aliphatic heterocycles. The van der Waals surface area contributed by atoms with Crippen LogP contribution in [-0.4, -0.2) is 49.3 Å². The van der Waals surface area contributed by atoms with Gasteiger partial charge in [0.2, 0.25) is 0 Å². The maximum atomic E-state index is 9.70. The summed E-state index contributed by atoms with van der Waals surface area (Å²) in [5.41, 5.74) is -0.219. The first kappa shape index (κ1) is 14.3. The maximum absolute atomic E-state index is 9.70. The highest BCUT2D eigenvalue weighted by atomic mass is 16.5. The summed E-state index contributed by atoms with van der Waals surface area (Å²) in [6.07, 6.45) is 8.31. The average molecular weight is 277 g/mol. The molecule has 2 atom stereocenters. The standard InChI is InChI=1S/C16H27N3O/c17-13-16(18-15-4-5-15)7-1-3-14(16)6-9-19-8-2-11-20-12-10-19/h14-15,18H,1-12H2. The van der Waals surface area contributed by atoms with Gasteiger partial charge in [-0.15, -0.1) is 0 Å². The molecule has 1 heterocycles. The Morgan fingerprint density at radius 2 is 2.10 bits per heavy atom. The van der Waals surface area contributed by atoms with Crippen molar-refractivity contribution in [2.45, 2.75) is 56.5 Å². The highest BCUT2D eigenvalue weighted by Crippen LogP contribution is 2.40. The molecule has 4 heteroatoms. The fraction of sp³-hybridized carbons (Fsp3) is 0.938. The Kier molecular flexibility index (Phi) is 4.60. The molecule has 1 saturated heterocycles. The molecule has 2 saturated carbocycles. The molecule has 0 amide bonds. The van der Waals surface area contributed by atoms with Crippen molar-refractivity contribution in [3.8, 4) is 6.07 Å². The molecule has 2 aliphatic carbocycles. The van der Waals surface area contributed by atoms with Crippen LogP contribution in [0.25, 0.3) is 0 Å². The Bertz CT molecular complexity index is 355. The van der Waals surface area contributed by atoms with E-state index in [0.717, 1.165) is 52.1 Å². The molecule has 0 spiro atoms. The van der Waals surface area contributed by atoms with E-state index < -0.39 is 0 Å². The topological polar surface area (TPSA) is 48.3 Å². The van der Waals surface area contributed by atoms with Crippen molar-refractivity contribution in [1.29, 1.82) is 5.26 Å². The zero-order chi connectivity index (χ0) is 13.8. The van der Waals surface area contributed by atoms with Gasteiger partial charge in [-0.1, -0.05) is 6.42 Å². The third-order valence-corrected chi connectivity index (χ3v) is 5.17. The van der Waals surface area contributed by atoms with Crippen LogP contribution in [0.15, 0.2) is 0 Å². The lowest BCUT2D eigenvalue weighted by atomic mass is 9.85. The van der Waals surface area contributed by atoms with Crippen LogP contribution in [0.3, 0.4) is 0 Å². The highest BCUT2D eigenvalue weighted by Gasteiger charge is 2.45. The van der Waals surface area contributed by atoms with Gasteiger partial charge in [0, 0.05) is 25.7 Å². The third-order valence-electron chi connectivity index (χ3n) is 5.17. The van der Waals surface area contributed by atoms with Gasteiger partial charge < -0.3 is 9.64 Å². The molecule has 0 bridgehead atoms. The van der Waals surface area contributed by atoms with Crippen molar-refractivity contribution in [2.24, 2.45) is 5.92 Å². The van der Waals surface area contributed by atoms with E-state index in [2.05, 4.69) is 16.3 Å². The largest absolute Gasteiger partial charge is 0.380 e. The fourth-order valence-corrected chi connectivity index (χ4v) is 3.79. The fourth-order valence-electron chi connectivity index (χ4n) is 3.79.